The fraction of sp³-hybridized carbons (Fsp3) is 0.450. The highest BCUT2D eigenvalue weighted by Gasteiger charge is 2.28. The molecule has 27 heavy (non-hydrogen) atoms. The Hall–Kier alpha value is -2.38. The minimum atomic E-state index is -0.319. The largest absolute Gasteiger partial charge is 0.369 e. The topological polar surface area (TPSA) is 58.6 Å². The first-order valence-corrected chi connectivity index (χ1v) is 9.31. The van der Waals surface area contributed by atoms with Crippen molar-refractivity contribution in [3.8, 4) is 11.3 Å². The van der Waals surface area contributed by atoms with Crippen LogP contribution in [0.5, 0.6) is 0 Å². The number of aromatic nitrogens is 2. The van der Waals surface area contributed by atoms with E-state index in [0.717, 1.165) is 0 Å². The molecular weight excluding hydrogens is 347 g/mol. The number of morpholine rings is 1. The zero-order chi connectivity index (χ0) is 19.2. The van der Waals surface area contributed by atoms with E-state index in [2.05, 4.69) is 14.9 Å². The Morgan fingerprint density at radius 2 is 2.07 bits per heavy atom. The second-order valence-corrected chi connectivity index (χ2v) is 6.46. The van der Waals surface area contributed by atoms with Crippen molar-refractivity contribution in [2.45, 2.75) is 20.0 Å². The Labute approximate surface area is 159 Å². The van der Waals surface area contributed by atoms with Crippen molar-refractivity contribution in [3.63, 3.8) is 0 Å². The maximum absolute atomic E-state index is 13.6. The number of rotatable bonds is 6. The molecule has 1 aliphatic rings. The van der Waals surface area contributed by atoms with Crippen LogP contribution in [-0.2, 0) is 9.53 Å². The van der Waals surface area contributed by atoms with Crippen LogP contribution in [-0.4, -0.2) is 65.0 Å². The Bertz CT molecular complexity index is 782. The zero-order valence-corrected chi connectivity index (χ0v) is 15.8. The van der Waals surface area contributed by atoms with E-state index < -0.39 is 0 Å². The summed E-state index contributed by atoms with van der Waals surface area (Å²) in [4.78, 5) is 25.2. The second kappa shape index (κ2) is 9.01. The lowest BCUT2D eigenvalue weighted by molar-refractivity contribution is -0.134. The van der Waals surface area contributed by atoms with Crippen molar-refractivity contribution in [2.75, 3.05) is 39.3 Å². The quantitative estimate of drug-likeness (QED) is 0.780. The third-order valence-electron chi connectivity index (χ3n) is 4.76. The van der Waals surface area contributed by atoms with E-state index in [-0.39, 0.29) is 17.8 Å². The number of carbonyl (C=O) groups is 1. The number of halogens is 1. The first-order valence-electron chi connectivity index (χ1n) is 9.31. The molecule has 0 aliphatic carbocycles. The molecule has 1 aromatic heterocycles. The van der Waals surface area contributed by atoms with Gasteiger partial charge < -0.3 is 9.64 Å². The molecule has 1 saturated heterocycles. The fourth-order valence-corrected chi connectivity index (χ4v) is 3.32. The third kappa shape index (κ3) is 4.67. The average molecular weight is 372 g/mol. The number of ether oxygens (including phenoxy) is 1. The third-order valence-corrected chi connectivity index (χ3v) is 4.76. The lowest BCUT2D eigenvalue weighted by atomic mass is 10.1. The standard InChI is InChI=1S/C20H25FN4O2/c1-3-25(4-2)18(26)14-24-10-11-27-17(13-24)20-19(22-8-9-23-20)15-6-5-7-16(21)12-15/h5-9,12,17H,3-4,10-11,13-14H2,1-2H3/t17-/m0/s1. The highest BCUT2D eigenvalue weighted by atomic mass is 19.1. The summed E-state index contributed by atoms with van der Waals surface area (Å²) in [6.45, 7) is 7.48. The van der Waals surface area contributed by atoms with Gasteiger partial charge in [0.15, 0.2) is 0 Å². The lowest BCUT2D eigenvalue weighted by Crippen LogP contribution is -2.45. The first-order chi connectivity index (χ1) is 13.1. The van der Waals surface area contributed by atoms with Crippen LogP contribution in [0.3, 0.4) is 0 Å². The molecule has 0 spiro atoms. The van der Waals surface area contributed by atoms with Crippen LogP contribution in [0, 0.1) is 5.82 Å². The summed E-state index contributed by atoms with van der Waals surface area (Å²) in [5.41, 5.74) is 1.94. The maximum atomic E-state index is 13.6. The lowest BCUT2D eigenvalue weighted by Gasteiger charge is -2.33. The zero-order valence-electron chi connectivity index (χ0n) is 15.8. The van der Waals surface area contributed by atoms with E-state index >= 15 is 0 Å². The summed E-state index contributed by atoms with van der Waals surface area (Å²) in [6.07, 6.45) is 2.89. The minimum absolute atomic E-state index is 0.116. The molecule has 6 nitrogen and oxygen atoms in total. The predicted octanol–water partition coefficient (Wildman–Crippen LogP) is 2.52. The molecule has 144 valence electrons. The Morgan fingerprint density at radius 1 is 1.30 bits per heavy atom. The van der Waals surface area contributed by atoms with Crippen molar-refractivity contribution in [1.29, 1.82) is 0 Å². The van der Waals surface area contributed by atoms with Gasteiger partial charge in [-0.05, 0) is 26.0 Å². The molecular formula is C20H25FN4O2. The van der Waals surface area contributed by atoms with Crippen molar-refractivity contribution in [1.82, 2.24) is 19.8 Å². The molecule has 0 unspecified atom stereocenters. The van der Waals surface area contributed by atoms with Crippen molar-refractivity contribution >= 4 is 5.91 Å². The molecule has 3 rings (SSSR count). The SMILES string of the molecule is CCN(CC)C(=O)CN1CCO[C@H](c2nccnc2-c2cccc(F)c2)C1. The normalized spacial score (nSPS) is 17.7. The van der Waals surface area contributed by atoms with Gasteiger partial charge in [-0.2, -0.15) is 0 Å². The van der Waals surface area contributed by atoms with E-state index in [1.165, 1.54) is 12.1 Å². The van der Waals surface area contributed by atoms with E-state index in [9.17, 15) is 9.18 Å². The summed E-state index contributed by atoms with van der Waals surface area (Å²) in [5.74, 6) is -0.203. The number of amides is 1. The number of hydrogen-bond donors (Lipinski definition) is 0. The highest BCUT2D eigenvalue weighted by molar-refractivity contribution is 5.78. The van der Waals surface area contributed by atoms with Crippen LogP contribution in [0.2, 0.25) is 0 Å². The van der Waals surface area contributed by atoms with Gasteiger partial charge in [-0.25, -0.2) is 4.39 Å². The second-order valence-electron chi connectivity index (χ2n) is 6.46. The van der Waals surface area contributed by atoms with Crippen molar-refractivity contribution in [3.05, 3.63) is 48.2 Å². The van der Waals surface area contributed by atoms with Crippen LogP contribution in [0.4, 0.5) is 4.39 Å². The van der Waals surface area contributed by atoms with E-state index in [1.54, 1.807) is 24.5 Å². The average Bonchev–Trinajstić information content (AvgIpc) is 2.69. The minimum Gasteiger partial charge on any atom is -0.369 e. The van der Waals surface area contributed by atoms with Crippen LogP contribution in [0.25, 0.3) is 11.3 Å². The van der Waals surface area contributed by atoms with E-state index in [4.69, 9.17) is 4.74 Å². The van der Waals surface area contributed by atoms with Gasteiger partial charge in [0.05, 0.1) is 24.5 Å². The predicted molar refractivity (Wildman–Crippen MR) is 100 cm³/mol. The van der Waals surface area contributed by atoms with Gasteiger partial charge in [0, 0.05) is 44.1 Å². The van der Waals surface area contributed by atoms with E-state index in [0.29, 0.717) is 56.3 Å². The van der Waals surface area contributed by atoms with Crippen LogP contribution < -0.4 is 0 Å². The first kappa shape index (κ1) is 19.4. The Morgan fingerprint density at radius 3 is 2.81 bits per heavy atom. The number of hydrogen-bond acceptors (Lipinski definition) is 5. The molecule has 2 aromatic rings. The number of likely N-dealkylation sites (N-methyl/N-ethyl adjacent to an activating group) is 1. The Kier molecular flexibility index (Phi) is 6.47. The van der Waals surface area contributed by atoms with Gasteiger partial charge in [0.25, 0.3) is 0 Å². The van der Waals surface area contributed by atoms with Crippen LogP contribution in [0.1, 0.15) is 25.6 Å². The number of carbonyl (C=O) groups excluding carboxylic acids is 1. The summed E-state index contributed by atoms with van der Waals surface area (Å²) >= 11 is 0. The summed E-state index contributed by atoms with van der Waals surface area (Å²) in [7, 11) is 0. The highest BCUT2D eigenvalue weighted by Crippen LogP contribution is 2.29. The number of benzene rings is 1. The maximum Gasteiger partial charge on any atom is 0.236 e. The molecule has 2 heterocycles. The molecule has 1 fully saturated rings. The van der Waals surface area contributed by atoms with Gasteiger partial charge in [-0.3, -0.25) is 19.7 Å². The van der Waals surface area contributed by atoms with Gasteiger partial charge >= 0.3 is 0 Å². The van der Waals surface area contributed by atoms with Gasteiger partial charge in [-0.1, -0.05) is 12.1 Å². The van der Waals surface area contributed by atoms with Gasteiger partial charge in [0.2, 0.25) is 5.91 Å². The summed E-state index contributed by atoms with van der Waals surface area (Å²) in [5, 5.41) is 0. The molecule has 0 N–H and O–H groups in total. The van der Waals surface area contributed by atoms with Crippen LogP contribution in [0.15, 0.2) is 36.7 Å². The monoisotopic (exact) mass is 372 g/mol. The molecule has 1 aliphatic heterocycles. The number of nitrogens with zero attached hydrogens (tertiary/aromatic N) is 4. The Balaban J connectivity index is 1.78. The van der Waals surface area contributed by atoms with Crippen molar-refractivity contribution in [2.24, 2.45) is 0 Å². The molecule has 0 radical (unpaired) electrons. The van der Waals surface area contributed by atoms with E-state index in [1.807, 2.05) is 18.7 Å². The molecule has 0 saturated carbocycles. The smallest absolute Gasteiger partial charge is 0.236 e. The van der Waals surface area contributed by atoms with Gasteiger partial charge in [-0.15, -0.1) is 0 Å². The summed E-state index contributed by atoms with van der Waals surface area (Å²) < 4.78 is 19.6. The molecule has 7 heteroatoms. The molecule has 1 aromatic carbocycles. The molecule has 0 bridgehead atoms. The summed E-state index contributed by atoms with van der Waals surface area (Å²) in [6, 6.07) is 6.30. The molecule has 1 amide bonds. The van der Waals surface area contributed by atoms with Gasteiger partial charge in [0.1, 0.15) is 11.9 Å². The van der Waals surface area contributed by atoms with Crippen molar-refractivity contribution < 1.29 is 13.9 Å². The molecule has 1 atom stereocenters. The fourth-order valence-electron chi connectivity index (χ4n) is 3.32. The van der Waals surface area contributed by atoms with Crippen LogP contribution >= 0.6 is 0 Å².